The number of rotatable bonds is 5. The van der Waals surface area contributed by atoms with Crippen LogP contribution >= 0.6 is 11.6 Å². The number of carbonyl (C=O) groups is 1. The molecule has 3 aromatic rings. The summed E-state index contributed by atoms with van der Waals surface area (Å²) in [5.74, 6) is -0.498. The van der Waals surface area contributed by atoms with Gasteiger partial charge in [-0.05, 0) is 37.1 Å². The minimum Gasteiger partial charge on any atom is -0.478 e. The van der Waals surface area contributed by atoms with Gasteiger partial charge in [0, 0.05) is 48.5 Å². The number of hydrogen-bond donors (Lipinski definition) is 2. The maximum Gasteiger partial charge on any atom is 0.337 e. The van der Waals surface area contributed by atoms with Crippen molar-refractivity contribution in [1.82, 2.24) is 15.0 Å². The topological polar surface area (TPSA) is 91.2 Å². The molecule has 1 fully saturated rings. The Kier molecular flexibility index (Phi) is 6.27. The summed E-state index contributed by atoms with van der Waals surface area (Å²) >= 11 is 5.88. The molecule has 4 rings (SSSR count). The molecule has 31 heavy (non-hydrogen) atoms. The highest BCUT2D eigenvalue weighted by atomic mass is 35.5. The number of carboxylic acid groups (broad SMARTS) is 1. The highest BCUT2D eigenvalue weighted by Crippen LogP contribution is 2.32. The molecule has 1 saturated heterocycles. The van der Waals surface area contributed by atoms with Crippen LogP contribution in [-0.2, 0) is 0 Å². The minimum atomic E-state index is -1.04. The van der Waals surface area contributed by atoms with Gasteiger partial charge in [-0.2, -0.15) is 4.98 Å². The second-order valence-corrected chi connectivity index (χ2v) is 7.76. The summed E-state index contributed by atoms with van der Waals surface area (Å²) < 4.78 is 13.5. The summed E-state index contributed by atoms with van der Waals surface area (Å²) in [5.41, 5.74) is 2.01. The van der Waals surface area contributed by atoms with Crippen LogP contribution in [0.2, 0.25) is 5.02 Å². The Balaban J connectivity index is 1.74. The zero-order chi connectivity index (χ0) is 21.8. The van der Waals surface area contributed by atoms with Crippen LogP contribution in [0.25, 0.3) is 11.1 Å². The lowest BCUT2D eigenvalue weighted by molar-refractivity contribution is 0.0696. The van der Waals surface area contributed by atoms with Crippen LogP contribution in [0.1, 0.15) is 36.0 Å². The summed E-state index contributed by atoms with van der Waals surface area (Å²) in [5, 5.41) is 12.4. The molecule has 7 nitrogen and oxygen atoms in total. The Morgan fingerprint density at radius 3 is 2.58 bits per heavy atom. The Morgan fingerprint density at radius 2 is 1.87 bits per heavy atom. The lowest BCUT2D eigenvalue weighted by Gasteiger charge is -2.24. The van der Waals surface area contributed by atoms with Crippen molar-refractivity contribution in [2.45, 2.75) is 25.7 Å². The van der Waals surface area contributed by atoms with Crippen molar-refractivity contribution in [3.05, 3.63) is 59.3 Å². The van der Waals surface area contributed by atoms with E-state index in [9.17, 15) is 14.3 Å². The second kappa shape index (κ2) is 9.26. The highest BCUT2D eigenvalue weighted by molar-refractivity contribution is 6.31. The van der Waals surface area contributed by atoms with Gasteiger partial charge in [0.15, 0.2) is 0 Å². The van der Waals surface area contributed by atoms with E-state index >= 15 is 0 Å². The lowest BCUT2D eigenvalue weighted by Crippen LogP contribution is -2.26. The first kappa shape index (κ1) is 21.0. The molecule has 0 unspecified atom stereocenters. The zero-order valence-corrected chi connectivity index (χ0v) is 17.4. The molecule has 9 heteroatoms. The summed E-state index contributed by atoms with van der Waals surface area (Å²) in [6.45, 7) is 1.69. The standard InChI is InChI=1S/C22H21ClFN5O2/c23-18-10-16(5-6-19(18)24)27-22-26-13-17(14-9-15(21(30)31)12-25-11-14)20(28-22)29-7-3-1-2-4-8-29/h5-6,9-13H,1-4,7-8H2,(H,30,31)(H,26,27,28). The first-order valence-electron chi connectivity index (χ1n) is 10.0. The van der Waals surface area contributed by atoms with E-state index in [4.69, 9.17) is 16.6 Å². The van der Waals surface area contributed by atoms with Crippen molar-refractivity contribution in [3.63, 3.8) is 0 Å². The fraction of sp³-hybridized carbons (Fsp3) is 0.273. The van der Waals surface area contributed by atoms with Crippen molar-refractivity contribution < 1.29 is 14.3 Å². The van der Waals surface area contributed by atoms with Crippen LogP contribution in [-0.4, -0.2) is 39.1 Å². The van der Waals surface area contributed by atoms with Crippen LogP contribution in [0.3, 0.4) is 0 Å². The van der Waals surface area contributed by atoms with Crippen LogP contribution in [0.4, 0.5) is 21.8 Å². The largest absolute Gasteiger partial charge is 0.478 e. The Labute approximate surface area is 183 Å². The SMILES string of the molecule is O=C(O)c1cncc(-c2cnc(Nc3ccc(F)c(Cl)c3)nc2N2CCCCCC2)c1. The van der Waals surface area contributed by atoms with Crippen molar-refractivity contribution >= 4 is 35.0 Å². The Bertz CT molecular complexity index is 1100. The van der Waals surface area contributed by atoms with Gasteiger partial charge in [-0.1, -0.05) is 24.4 Å². The number of carboxylic acids is 1. The first-order chi connectivity index (χ1) is 15.0. The molecule has 2 N–H and O–H groups in total. The van der Waals surface area contributed by atoms with Gasteiger partial charge >= 0.3 is 5.97 Å². The maximum atomic E-state index is 13.5. The number of anilines is 3. The number of hydrogen-bond acceptors (Lipinski definition) is 6. The molecule has 0 saturated carbocycles. The molecule has 0 radical (unpaired) electrons. The maximum absolute atomic E-state index is 13.5. The van der Waals surface area contributed by atoms with Crippen molar-refractivity contribution in [3.8, 4) is 11.1 Å². The predicted octanol–water partition coefficient (Wildman–Crippen LogP) is 5.15. The normalized spacial score (nSPS) is 14.2. The third kappa shape index (κ3) is 4.91. The fourth-order valence-corrected chi connectivity index (χ4v) is 3.75. The Morgan fingerprint density at radius 1 is 1.10 bits per heavy atom. The number of aromatic nitrogens is 3. The second-order valence-electron chi connectivity index (χ2n) is 7.35. The van der Waals surface area contributed by atoms with E-state index in [0.717, 1.165) is 38.8 Å². The van der Waals surface area contributed by atoms with Gasteiger partial charge in [0.2, 0.25) is 5.95 Å². The number of aromatic carboxylic acids is 1. The van der Waals surface area contributed by atoms with Crippen molar-refractivity contribution in [2.24, 2.45) is 0 Å². The van der Waals surface area contributed by atoms with Gasteiger partial charge in [0.1, 0.15) is 11.6 Å². The van der Waals surface area contributed by atoms with Crippen molar-refractivity contribution in [1.29, 1.82) is 0 Å². The molecule has 0 amide bonds. The average molecular weight is 442 g/mol. The molecule has 1 aliphatic rings. The van der Waals surface area contributed by atoms with Crippen LogP contribution in [0.5, 0.6) is 0 Å². The van der Waals surface area contributed by atoms with Gasteiger partial charge in [0.05, 0.1) is 10.6 Å². The number of pyridine rings is 1. The van der Waals surface area contributed by atoms with Crippen LogP contribution < -0.4 is 10.2 Å². The molecule has 0 aliphatic carbocycles. The molecule has 0 atom stereocenters. The number of nitrogens with zero attached hydrogens (tertiary/aromatic N) is 4. The molecule has 160 valence electrons. The van der Waals surface area contributed by atoms with E-state index in [-0.39, 0.29) is 10.6 Å². The van der Waals surface area contributed by atoms with Crippen LogP contribution in [0, 0.1) is 5.82 Å². The van der Waals surface area contributed by atoms with Gasteiger partial charge in [-0.25, -0.2) is 14.2 Å². The average Bonchev–Trinajstić information content (AvgIpc) is 3.06. The van der Waals surface area contributed by atoms with Gasteiger partial charge in [-0.15, -0.1) is 0 Å². The quantitative estimate of drug-likeness (QED) is 0.565. The monoisotopic (exact) mass is 441 g/mol. The lowest BCUT2D eigenvalue weighted by atomic mass is 10.1. The molecule has 3 heterocycles. The Hall–Kier alpha value is -3.26. The van der Waals surface area contributed by atoms with Crippen molar-refractivity contribution in [2.75, 3.05) is 23.3 Å². The molecule has 0 spiro atoms. The van der Waals surface area contributed by atoms with E-state index in [1.54, 1.807) is 24.5 Å². The third-order valence-electron chi connectivity index (χ3n) is 5.15. The molecule has 1 aromatic carbocycles. The molecule has 2 aromatic heterocycles. The van der Waals surface area contributed by atoms with Gasteiger partial charge in [0.25, 0.3) is 0 Å². The molecule has 1 aliphatic heterocycles. The minimum absolute atomic E-state index is 0.00548. The van der Waals surface area contributed by atoms with Gasteiger partial charge in [-0.3, -0.25) is 4.98 Å². The van der Waals surface area contributed by atoms with Crippen LogP contribution in [0.15, 0.2) is 42.9 Å². The van der Waals surface area contributed by atoms with Gasteiger partial charge < -0.3 is 15.3 Å². The molecular formula is C22H21ClFN5O2. The van der Waals surface area contributed by atoms with E-state index in [2.05, 4.69) is 20.2 Å². The highest BCUT2D eigenvalue weighted by Gasteiger charge is 2.19. The fourth-order valence-electron chi connectivity index (χ4n) is 3.57. The van der Waals surface area contributed by atoms with E-state index in [0.29, 0.717) is 28.6 Å². The van der Waals surface area contributed by atoms with E-state index in [1.807, 2.05) is 0 Å². The molecular weight excluding hydrogens is 421 g/mol. The summed E-state index contributed by atoms with van der Waals surface area (Å²) in [7, 11) is 0. The smallest absolute Gasteiger partial charge is 0.337 e. The van der Waals surface area contributed by atoms with E-state index < -0.39 is 11.8 Å². The number of benzene rings is 1. The zero-order valence-electron chi connectivity index (χ0n) is 16.7. The molecule has 0 bridgehead atoms. The summed E-state index contributed by atoms with van der Waals surface area (Å²) in [6.07, 6.45) is 8.99. The summed E-state index contributed by atoms with van der Waals surface area (Å²) in [6, 6.07) is 5.88. The predicted molar refractivity (Wildman–Crippen MR) is 118 cm³/mol. The van der Waals surface area contributed by atoms with E-state index in [1.165, 1.54) is 18.3 Å². The first-order valence-corrected chi connectivity index (χ1v) is 10.4. The number of nitrogens with one attached hydrogen (secondary N) is 1. The number of halogens is 2. The summed E-state index contributed by atoms with van der Waals surface area (Å²) in [4.78, 5) is 26.8. The third-order valence-corrected chi connectivity index (χ3v) is 5.44.